The molecule has 1 unspecified atom stereocenters. The Morgan fingerprint density at radius 2 is 2.21 bits per heavy atom. The van der Waals surface area contributed by atoms with Gasteiger partial charge in [-0.05, 0) is 57.2 Å². The van der Waals surface area contributed by atoms with Crippen molar-refractivity contribution in [1.29, 1.82) is 0 Å². The molecule has 2 fully saturated rings. The summed E-state index contributed by atoms with van der Waals surface area (Å²) in [5, 5.41) is 8.69. The number of carbonyl (C=O) groups is 1. The molecule has 0 saturated carbocycles. The van der Waals surface area contributed by atoms with Crippen molar-refractivity contribution in [3.05, 3.63) is 0 Å². The lowest BCUT2D eigenvalue weighted by Gasteiger charge is -2.45. The molecule has 110 valence electrons. The Hall–Kier alpha value is -0.260. The second-order valence-electron chi connectivity index (χ2n) is 5.77. The molecule has 5 heteroatoms. The monoisotopic (exact) mass is 287 g/mol. The van der Waals surface area contributed by atoms with Crippen LogP contribution >= 0.6 is 11.8 Å². The predicted molar refractivity (Wildman–Crippen MR) is 77.8 cm³/mol. The SMILES string of the molecule is CN(CCCC(=O)O)C1CCOC2(CCSCC2)C1. The minimum absolute atomic E-state index is 0.120. The maximum Gasteiger partial charge on any atom is 0.303 e. The number of thioether (sulfide) groups is 1. The van der Waals surface area contributed by atoms with Gasteiger partial charge in [-0.1, -0.05) is 0 Å². The number of rotatable bonds is 5. The third-order valence-corrected chi connectivity index (χ3v) is 5.38. The van der Waals surface area contributed by atoms with Crippen molar-refractivity contribution < 1.29 is 14.6 Å². The van der Waals surface area contributed by atoms with E-state index in [0.29, 0.717) is 6.04 Å². The summed E-state index contributed by atoms with van der Waals surface area (Å²) >= 11 is 2.03. The first kappa shape index (κ1) is 15.1. The number of carboxylic acids is 1. The minimum atomic E-state index is -0.693. The third-order valence-electron chi connectivity index (χ3n) is 4.40. The van der Waals surface area contributed by atoms with E-state index in [4.69, 9.17) is 9.84 Å². The Labute approximate surface area is 119 Å². The second kappa shape index (κ2) is 6.95. The zero-order valence-electron chi connectivity index (χ0n) is 11.8. The van der Waals surface area contributed by atoms with E-state index >= 15 is 0 Å². The van der Waals surface area contributed by atoms with Gasteiger partial charge in [-0.2, -0.15) is 11.8 Å². The zero-order chi connectivity index (χ0) is 13.7. The van der Waals surface area contributed by atoms with Crippen LogP contribution in [0.1, 0.15) is 38.5 Å². The van der Waals surface area contributed by atoms with Crippen molar-refractivity contribution in [1.82, 2.24) is 4.90 Å². The van der Waals surface area contributed by atoms with Gasteiger partial charge in [0.1, 0.15) is 0 Å². The molecule has 4 nitrogen and oxygen atoms in total. The highest BCUT2D eigenvalue weighted by Gasteiger charge is 2.39. The molecule has 0 aromatic carbocycles. The zero-order valence-corrected chi connectivity index (χ0v) is 12.6. The Kier molecular flexibility index (Phi) is 5.54. The Morgan fingerprint density at radius 3 is 2.89 bits per heavy atom. The first-order valence-corrected chi connectivity index (χ1v) is 8.40. The molecular weight excluding hydrogens is 262 g/mol. The van der Waals surface area contributed by atoms with Gasteiger partial charge < -0.3 is 14.7 Å². The van der Waals surface area contributed by atoms with Crippen LogP contribution in [0.2, 0.25) is 0 Å². The lowest BCUT2D eigenvalue weighted by Crippen LogP contribution is -2.49. The smallest absolute Gasteiger partial charge is 0.303 e. The fourth-order valence-electron chi connectivity index (χ4n) is 3.13. The maximum atomic E-state index is 10.6. The van der Waals surface area contributed by atoms with Gasteiger partial charge >= 0.3 is 5.97 Å². The molecule has 2 heterocycles. The van der Waals surface area contributed by atoms with E-state index in [0.717, 1.165) is 32.4 Å². The first-order chi connectivity index (χ1) is 9.11. The first-order valence-electron chi connectivity index (χ1n) is 7.25. The molecule has 2 saturated heterocycles. The van der Waals surface area contributed by atoms with Crippen LogP contribution in [0.4, 0.5) is 0 Å². The van der Waals surface area contributed by atoms with Crippen LogP contribution in [-0.2, 0) is 9.53 Å². The molecule has 2 aliphatic heterocycles. The molecule has 1 atom stereocenters. The molecule has 0 aromatic rings. The lowest BCUT2D eigenvalue weighted by molar-refractivity contribution is -0.137. The highest BCUT2D eigenvalue weighted by Crippen LogP contribution is 2.38. The number of aliphatic carboxylic acids is 1. The van der Waals surface area contributed by atoms with Crippen molar-refractivity contribution in [3.63, 3.8) is 0 Å². The average Bonchev–Trinajstić information content (AvgIpc) is 2.39. The maximum absolute atomic E-state index is 10.6. The largest absolute Gasteiger partial charge is 0.481 e. The molecule has 0 amide bonds. The lowest BCUT2D eigenvalue weighted by atomic mass is 9.85. The average molecular weight is 287 g/mol. The molecular formula is C14H25NO3S. The van der Waals surface area contributed by atoms with Crippen molar-refractivity contribution in [3.8, 4) is 0 Å². The molecule has 1 N–H and O–H groups in total. The molecule has 19 heavy (non-hydrogen) atoms. The third kappa shape index (κ3) is 4.36. The quantitative estimate of drug-likeness (QED) is 0.840. The Balaban J connectivity index is 1.80. The summed E-state index contributed by atoms with van der Waals surface area (Å²) in [4.78, 5) is 12.9. The molecule has 2 aliphatic rings. The molecule has 1 spiro atoms. The molecule has 0 aromatic heterocycles. The fourth-order valence-corrected chi connectivity index (χ4v) is 4.37. The van der Waals surface area contributed by atoms with Crippen LogP contribution in [-0.4, -0.2) is 59.3 Å². The summed E-state index contributed by atoms with van der Waals surface area (Å²) in [6, 6.07) is 0.561. The van der Waals surface area contributed by atoms with Gasteiger partial charge in [-0.25, -0.2) is 0 Å². The molecule has 2 rings (SSSR count). The van der Waals surface area contributed by atoms with Crippen LogP contribution in [0, 0.1) is 0 Å². The highest BCUT2D eigenvalue weighted by atomic mass is 32.2. The van der Waals surface area contributed by atoms with E-state index in [-0.39, 0.29) is 12.0 Å². The van der Waals surface area contributed by atoms with Crippen LogP contribution in [0.3, 0.4) is 0 Å². The number of hydrogen-bond donors (Lipinski definition) is 1. The number of hydrogen-bond acceptors (Lipinski definition) is 4. The van der Waals surface area contributed by atoms with Crippen molar-refractivity contribution in [2.24, 2.45) is 0 Å². The van der Waals surface area contributed by atoms with Crippen molar-refractivity contribution in [2.75, 3.05) is 31.7 Å². The van der Waals surface area contributed by atoms with E-state index in [1.54, 1.807) is 0 Å². The summed E-state index contributed by atoms with van der Waals surface area (Å²) in [5.41, 5.74) is 0.120. The van der Waals surface area contributed by atoms with E-state index in [1.165, 1.54) is 24.3 Å². The van der Waals surface area contributed by atoms with Gasteiger partial charge in [-0.15, -0.1) is 0 Å². The van der Waals surface area contributed by atoms with Crippen LogP contribution in [0.5, 0.6) is 0 Å². The van der Waals surface area contributed by atoms with E-state index < -0.39 is 5.97 Å². The summed E-state index contributed by atoms with van der Waals surface area (Å²) in [6.45, 7) is 1.74. The van der Waals surface area contributed by atoms with Gasteiger partial charge in [0.15, 0.2) is 0 Å². The van der Waals surface area contributed by atoms with E-state index in [2.05, 4.69) is 11.9 Å². The summed E-state index contributed by atoms with van der Waals surface area (Å²) in [7, 11) is 2.13. The topological polar surface area (TPSA) is 49.8 Å². The molecule has 0 radical (unpaired) electrons. The van der Waals surface area contributed by atoms with Crippen LogP contribution < -0.4 is 0 Å². The van der Waals surface area contributed by atoms with Crippen LogP contribution in [0.15, 0.2) is 0 Å². The van der Waals surface area contributed by atoms with Gasteiger partial charge in [0.25, 0.3) is 0 Å². The van der Waals surface area contributed by atoms with E-state index in [1.807, 2.05) is 11.8 Å². The highest BCUT2D eigenvalue weighted by molar-refractivity contribution is 7.99. The van der Waals surface area contributed by atoms with Gasteiger partial charge in [0.05, 0.1) is 5.60 Å². The number of carboxylic acid groups (broad SMARTS) is 1. The van der Waals surface area contributed by atoms with Gasteiger partial charge in [0, 0.05) is 19.1 Å². The second-order valence-corrected chi connectivity index (χ2v) is 6.99. The summed E-state index contributed by atoms with van der Waals surface area (Å²) in [5.74, 6) is 1.74. The Bertz CT molecular complexity index is 300. The van der Waals surface area contributed by atoms with Gasteiger partial charge in [0.2, 0.25) is 0 Å². The van der Waals surface area contributed by atoms with Gasteiger partial charge in [-0.3, -0.25) is 4.79 Å². The fraction of sp³-hybridized carbons (Fsp3) is 0.929. The van der Waals surface area contributed by atoms with E-state index in [9.17, 15) is 4.79 Å². The minimum Gasteiger partial charge on any atom is -0.481 e. The summed E-state index contributed by atoms with van der Waals surface area (Å²) in [6.07, 6.45) is 5.57. The number of nitrogens with zero attached hydrogens (tertiary/aromatic N) is 1. The standard InChI is InChI=1S/C14H25NO3S/c1-15(7-2-3-13(16)17)12-4-8-18-14(11-12)5-9-19-10-6-14/h12H,2-11H2,1H3,(H,16,17). The Morgan fingerprint density at radius 1 is 1.47 bits per heavy atom. The molecule has 0 aliphatic carbocycles. The van der Waals surface area contributed by atoms with Crippen molar-refractivity contribution >= 4 is 17.7 Å². The predicted octanol–water partition coefficient (Wildman–Crippen LogP) is 2.23. The normalized spacial score (nSPS) is 26.7. The van der Waals surface area contributed by atoms with Crippen molar-refractivity contribution in [2.45, 2.75) is 50.2 Å². The number of ether oxygens (including phenoxy) is 1. The van der Waals surface area contributed by atoms with Crippen LogP contribution in [0.25, 0.3) is 0 Å². The summed E-state index contributed by atoms with van der Waals surface area (Å²) < 4.78 is 6.10. The molecule has 0 bridgehead atoms.